The van der Waals surface area contributed by atoms with E-state index in [9.17, 15) is 9.13 Å². The van der Waals surface area contributed by atoms with Gasteiger partial charge in [0.2, 0.25) is 12.4 Å². The van der Waals surface area contributed by atoms with Crippen LogP contribution in [0.2, 0.25) is 0 Å². The molecule has 0 fully saturated rings. The Labute approximate surface area is 87.5 Å². The smallest absolute Gasteiger partial charge is 0.321 e. The quantitative estimate of drug-likeness (QED) is 0.606. The maximum atomic E-state index is 11.4. The second kappa shape index (κ2) is 4.81. The molecule has 0 radical (unpaired) electrons. The molecule has 15 heavy (non-hydrogen) atoms. The first-order valence-electron chi connectivity index (χ1n) is 4.07. The molecule has 1 aromatic rings. The fourth-order valence-electron chi connectivity index (χ4n) is 0.721. The van der Waals surface area contributed by atoms with Crippen molar-refractivity contribution in [3.63, 3.8) is 0 Å². The van der Waals surface area contributed by atoms with Crippen LogP contribution in [0, 0.1) is 0 Å². The number of pyridine rings is 1. The Morgan fingerprint density at radius 1 is 1.33 bits per heavy atom. The van der Waals surface area contributed by atoms with Crippen molar-refractivity contribution in [2.24, 2.45) is 0 Å². The molecule has 1 rings (SSSR count). The summed E-state index contributed by atoms with van der Waals surface area (Å²) in [6.07, 6.45) is 2.97. The van der Waals surface area contributed by atoms with Crippen molar-refractivity contribution in [1.29, 1.82) is 0 Å². The molecule has 82 valence electrons. The average molecular weight is 251 g/mol. The van der Waals surface area contributed by atoms with Crippen molar-refractivity contribution < 1.29 is 28.3 Å². The summed E-state index contributed by atoms with van der Waals surface area (Å²) in [5, 5.41) is -1.32. The van der Waals surface area contributed by atoms with Gasteiger partial charge in [0, 0.05) is 12.1 Å². The van der Waals surface area contributed by atoms with Gasteiger partial charge in [-0.2, -0.15) is 0 Å². The highest BCUT2D eigenvalue weighted by Gasteiger charge is 2.47. The minimum absolute atomic E-state index is 1.14. The van der Waals surface area contributed by atoms with Gasteiger partial charge in [0.1, 0.15) is 0 Å². The van der Waals surface area contributed by atoms with Gasteiger partial charge in [-0.25, -0.2) is 0 Å². The van der Waals surface area contributed by atoms with Crippen molar-refractivity contribution in [2.45, 2.75) is 12.3 Å². The predicted octanol–water partition coefficient (Wildman–Crippen LogP) is 0.669. The molecule has 0 spiro atoms. The molecule has 2 unspecified atom stereocenters. The van der Waals surface area contributed by atoms with Crippen LogP contribution in [-0.2, 0) is 9.13 Å². The molecule has 2 atom stereocenters. The van der Waals surface area contributed by atoms with Gasteiger partial charge in [-0.1, -0.05) is 6.07 Å². The largest absolute Gasteiger partial charge is 0.646 e. The summed E-state index contributed by atoms with van der Waals surface area (Å²) in [7, 11) is -6.83. The Bertz CT molecular complexity index is 390. The first kappa shape index (κ1) is 12.3. The van der Waals surface area contributed by atoms with Crippen LogP contribution in [0.4, 0.5) is 0 Å². The summed E-state index contributed by atoms with van der Waals surface area (Å²) in [6, 6.07) is 5.02. The monoisotopic (exact) mass is 251 g/mol. The van der Waals surface area contributed by atoms with Crippen molar-refractivity contribution in [3.8, 4) is 0 Å². The van der Waals surface area contributed by atoms with Gasteiger partial charge < -0.3 is 9.79 Å². The number of aromatic nitrogens is 1. The SMILES string of the molecule is CC([P+](=O)O[n+]1ccccc1)P(=O)(O)O. The zero-order valence-electron chi connectivity index (χ0n) is 7.92. The van der Waals surface area contributed by atoms with Crippen molar-refractivity contribution in [3.05, 3.63) is 30.6 Å². The predicted molar refractivity (Wildman–Crippen MR) is 52.3 cm³/mol. The van der Waals surface area contributed by atoms with Gasteiger partial charge in [-0.3, -0.25) is 4.57 Å². The summed E-state index contributed by atoms with van der Waals surface area (Å²) in [4.78, 5) is 17.5. The van der Waals surface area contributed by atoms with E-state index in [1.807, 2.05) is 0 Å². The van der Waals surface area contributed by atoms with Crippen molar-refractivity contribution in [2.75, 3.05) is 0 Å². The fourth-order valence-corrected chi connectivity index (χ4v) is 2.26. The average Bonchev–Trinajstić information content (AvgIpc) is 2.16. The fraction of sp³-hybridized carbons (Fsp3) is 0.286. The molecule has 0 aliphatic rings. The lowest BCUT2D eigenvalue weighted by Gasteiger charge is -1.99. The third-order valence-electron chi connectivity index (χ3n) is 1.65. The third kappa shape index (κ3) is 3.68. The van der Waals surface area contributed by atoms with E-state index < -0.39 is 21.0 Å². The van der Waals surface area contributed by atoms with Crippen molar-refractivity contribution >= 4 is 15.6 Å². The highest BCUT2D eigenvalue weighted by molar-refractivity contribution is 7.65. The molecule has 1 aromatic heterocycles. The lowest BCUT2D eigenvalue weighted by molar-refractivity contribution is -0.857. The van der Waals surface area contributed by atoms with E-state index >= 15 is 0 Å². The van der Waals surface area contributed by atoms with E-state index in [0.717, 1.165) is 4.73 Å². The van der Waals surface area contributed by atoms with E-state index in [-0.39, 0.29) is 0 Å². The van der Waals surface area contributed by atoms with Crippen LogP contribution in [0.3, 0.4) is 0 Å². The van der Waals surface area contributed by atoms with Crippen LogP contribution in [-0.4, -0.2) is 15.2 Å². The van der Waals surface area contributed by atoms with E-state index in [0.29, 0.717) is 0 Å². The van der Waals surface area contributed by atoms with Gasteiger partial charge in [0.15, 0.2) is 0 Å². The zero-order valence-corrected chi connectivity index (χ0v) is 9.71. The Hall–Kier alpha value is -0.800. The number of hydrogen-bond donors (Lipinski definition) is 2. The summed E-state index contributed by atoms with van der Waals surface area (Å²) in [5.41, 5.74) is 0. The molecule has 0 aromatic carbocycles. The van der Waals surface area contributed by atoms with Gasteiger partial charge in [-0.15, -0.1) is 0 Å². The summed E-state index contributed by atoms with van der Waals surface area (Å²) >= 11 is 0. The minimum atomic E-state index is -4.37. The molecule has 0 aliphatic carbocycles. The molecule has 0 aliphatic heterocycles. The molecule has 0 amide bonds. The Kier molecular flexibility index (Phi) is 3.94. The van der Waals surface area contributed by atoms with Crippen LogP contribution >= 0.6 is 15.6 Å². The van der Waals surface area contributed by atoms with Crippen LogP contribution < -0.4 is 9.35 Å². The van der Waals surface area contributed by atoms with Gasteiger partial charge in [-0.05, 0) is 16.1 Å². The first-order valence-corrected chi connectivity index (χ1v) is 7.00. The molecule has 2 N–H and O–H groups in total. The van der Waals surface area contributed by atoms with E-state index in [4.69, 9.17) is 14.4 Å². The molecule has 0 bridgehead atoms. The number of nitrogens with zero attached hydrogens (tertiary/aromatic N) is 1. The van der Waals surface area contributed by atoms with Gasteiger partial charge >= 0.3 is 15.6 Å². The maximum absolute atomic E-state index is 11.4. The normalized spacial score (nSPS) is 14.5. The van der Waals surface area contributed by atoms with Crippen LogP contribution in [0.5, 0.6) is 0 Å². The second-order valence-corrected chi connectivity index (χ2v) is 6.69. The molecule has 0 saturated heterocycles. The maximum Gasteiger partial charge on any atom is 0.646 e. The molecular weight excluding hydrogens is 240 g/mol. The standard InChI is InChI=1S/C7H9NO5P2/c1-7(15(10,11)12)14(9)13-8-5-3-2-4-6-8/h2-7H,1H3/p+2. The Morgan fingerprint density at radius 3 is 2.33 bits per heavy atom. The van der Waals surface area contributed by atoms with Crippen LogP contribution in [0.25, 0.3) is 0 Å². The third-order valence-corrected chi connectivity index (χ3v) is 5.06. The molecule has 0 saturated carbocycles. The topological polar surface area (TPSA) is 87.7 Å². The number of hydrogen-bond acceptors (Lipinski definition) is 3. The highest BCUT2D eigenvalue weighted by atomic mass is 31.2. The van der Waals surface area contributed by atoms with E-state index in [2.05, 4.69) is 0 Å². The molecule has 6 nitrogen and oxygen atoms in total. The van der Waals surface area contributed by atoms with E-state index in [1.165, 1.54) is 19.3 Å². The Morgan fingerprint density at radius 2 is 1.87 bits per heavy atom. The number of rotatable bonds is 4. The Balaban J connectivity index is 2.69. The summed E-state index contributed by atoms with van der Waals surface area (Å²) in [5.74, 6) is 0. The van der Waals surface area contributed by atoms with Gasteiger partial charge in [0.25, 0.3) is 5.40 Å². The first-order chi connectivity index (χ1) is 6.91. The summed E-state index contributed by atoms with van der Waals surface area (Å²) in [6.45, 7) is 1.18. The molecule has 8 heteroatoms. The zero-order chi connectivity index (χ0) is 11.5. The molecular formula is C7H11NO5P2+2. The highest BCUT2D eigenvalue weighted by Crippen LogP contribution is 2.51. The van der Waals surface area contributed by atoms with E-state index in [1.54, 1.807) is 18.2 Å². The van der Waals surface area contributed by atoms with Crippen LogP contribution in [0.1, 0.15) is 6.92 Å². The molecule has 1 heterocycles. The second-order valence-electron chi connectivity index (χ2n) is 2.82. The lowest BCUT2D eigenvalue weighted by atomic mass is 10.5. The lowest BCUT2D eigenvalue weighted by Crippen LogP contribution is -2.38. The summed E-state index contributed by atoms with van der Waals surface area (Å²) < 4.78 is 28.1. The van der Waals surface area contributed by atoms with Gasteiger partial charge in [0.05, 0.1) is 4.73 Å². The van der Waals surface area contributed by atoms with Crippen molar-refractivity contribution in [1.82, 2.24) is 0 Å². The minimum Gasteiger partial charge on any atom is -0.321 e. The van der Waals surface area contributed by atoms with Crippen LogP contribution in [0.15, 0.2) is 30.6 Å².